The summed E-state index contributed by atoms with van der Waals surface area (Å²) in [5.74, 6) is 0. The van der Waals surface area contributed by atoms with E-state index in [0.29, 0.717) is 12.0 Å². The lowest BCUT2D eigenvalue weighted by Crippen LogP contribution is -2.65. The molecule has 1 fully saturated rings. The molecule has 10 heteroatoms. The van der Waals surface area contributed by atoms with Gasteiger partial charge in [-0.15, -0.1) is 0 Å². The van der Waals surface area contributed by atoms with E-state index in [1.165, 1.54) is 0 Å². The fourth-order valence-electron chi connectivity index (χ4n) is 6.08. The lowest BCUT2D eigenvalue weighted by atomic mass is 10.1. The minimum atomic E-state index is -2.52. The second kappa shape index (κ2) is 14.8. The molecule has 0 saturated carbocycles. The SMILES string of the molecule is Cc1cn([C@@]2([SiH](c3ccccc3)c3ccccc3)C[C@H](OCCO)[C@@H](COC(C)(C)C)O2)c(=O)n(COCc2ccccc2)c1=O. The molecule has 3 atom stereocenters. The zero-order valence-electron chi connectivity index (χ0n) is 27.0. The Morgan fingerprint density at radius 3 is 2.09 bits per heavy atom. The highest BCUT2D eigenvalue weighted by molar-refractivity contribution is 6.86. The molecule has 5 rings (SSSR count). The Balaban J connectivity index is 1.68. The van der Waals surface area contributed by atoms with Gasteiger partial charge in [0.2, 0.25) is 0 Å². The third-order valence-electron chi connectivity index (χ3n) is 8.17. The molecule has 0 amide bonds. The lowest BCUT2D eigenvalue weighted by Gasteiger charge is -2.39. The zero-order chi connectivity index (χ0) is 32.7. The summed E-state index contributed by atoms with van der Waals surface area (Å²) in [5, 5.41) is 10.6. The second-order valence-electron chi connectivity index (χ2n) is 12.7. The van der Waals surface area contributed by atoms with Crippen molar-refractivity contribution in [2.75, 3.05) is 19.8 Å². The molecule has 4 aromatic rings. The van der Waals surface area contributed by atoms with E-state index >= 15 is 0 Å². The number of hydrogen-bond donors (Lipinski definition) is 1. The molecular formula is C36H44N2O7Si. The number of aromatic nitrogens is 2. The first-order valence-corrected chi connectivity index (χ1v) is 17.5. The highest BCUT2D eigenvalue weighted by Crippen LogP contribution is 2.39. The van der Waals surface area contributed by atoms with Crippen molar-refractivity contribution in [1.82, 2.24) is 9.13 Å². The number of ether oxygens (including phenoxy) is 4. The van der Waals surface area contributed by atoms with Gasteiger partial charge in [0.25, 0.3) is 5.56 Å². The zero-order valence-corrected chi connectivity index (χ0v) is 28.2. The maximum absolute atomic E-state index is 14.6. The van der Waals surface area contributed by atoms with Crippen molar-refractivity contribution in [2.45, 2.75) is 70.6 Å². The van der Waals surface area contributed by atoms with E-state index in [0.717, 1.165) is 20.5 Å². The van der Waals surface area contributed by atoms with Gasteiger partial charge in [-0.05, 0) is 33.3 Å². The second-order valence-corrected chi connectivity index (χ2v) is 15.8. The largest absolute Gasteiger partial charge is 0.394 e. The van der Waals surface area contributed by atoms with E-state index in [9.17, 15) is 14.7 Å². The Kier molecular flexibility index (Phi) is 10.9. The lowest BCUT2D eigenvalue weighted by molar-refractivity contribution is -0.122. The van der Waals surface area contributed by atoms with Crippen LogP contribution >= 0.6 is 0 Å². The standard InChI is InChI=1S/C36H44N2O7Si/c1-27-23-38(34(41)37(33(27)40)26-42-24-28-14-8-5-9-15-28)36(22-31(43-21-20-39)32(45-36)25-44-35(2,3)4)46(29-16-10-6-11-17-29)30-18-12-7-13-19-30/h5-19,23,31-32,39,46H,20-22,24-26H2,1-4H3/t31-,32+,36-/m0/s1. The van der Waals surface area contributed by atoms with Crippen molar-refractivity contribution in [2.24, 2.45) is 0 Å². The van der Waals surface area contributed by atoms with E-state index < -0.39 is 43.2 Å². The minimum Gasteiger partial charge on any atom is -0.394 e. The van der Waals surface area contributed by atoms with Gasteiger partial charge in [0.05, 0.1) is 38.1 Å². The van der Waals surface area contributed by atoms with Crippen LogP contribution in [0.4, 0.5) is 0 Å². The van der Waals surface area contributed by atoms with Crippen molar-refractivity contribution in [1.29, 1.82) is 0 Å². The van der Waals surface area contributed by atoms with Crippen LogP contribution in [-0.2, 0) is 37.6 Å². The average molecular weight is 645 g/mol. The summed E-state index contributed by atoms with van der Waals surface area (Å²) in [7, 11) is -2.52. The number of aliphatic hydroxyl groups excluding tert-OH is 1. The molecule has 1 saturated heterocycles. The van der Waals surface area contributed by atoms with Gasteiger partial charge < -0.3 is 24.1 Å². The molecule has 46 heavy (non-hydrogen) atoms. The monoisotopic (exact) mass is 644 g/mol. The molecule has 244 valence electrons. The summed E-state index contributed by atoms with van der Waals surface area (Å²) in [6, 6.07) is 29.8. The first-order chi connectivity index (χ1) is 22.1. The maximum atomic E-state index is 14.6. The van der Waals surface area contributed by atoms with Gasteiger partial charge in [0.15, 0.2) is 8.80 Å². The summed E-state index contributed by atoms with van der Waals surface area (Å²) in [4.78, 5) is 28.0. The highest BCUT2D eigenvalue weighted by Gasteiger charge is 2.56. The minimum absolute atomic E-state index is 0.111. The molecule has 1 aliphatic heterocycles. The molecule has 0 unspecified atom stereocenters. The number of aliphatic hydroxyl groups is 1. The Labute approximate surface area is 271 Å². The summed E-state index contributed by atoms with van der Waals surface area (Å²) < 4.78 is 28.3. The predicted octanol–water partition coefficient (Wildman–Crippen LogP) is 2.71. The van der Waals surface area contributed by atoms with Crippen molar-refractivity contribution in [3.8, 4) is 0 Å². The van der Waals surface area contributed by atoms with Gasteiger partial charge in [-0.3, -0.25) is 9.36 Å². The molecule has 1 aromatic heterocycles. The van der Waals surface area contributed by atoms with E-state index in [1.807, 2.05) is 87.5 Å². The smallest absolute Gasteiger partial charge is 0.335 e. The van der Waals surface area contributed by atoms with Crippen molar-refractivity contribution in [3.63, 3.8) is 0 Å². The quantitative estimate of drug-likeness (QED) is 0.224. The summed E-state index contributed by atoms with van der Waals surface area (Å²) in [6.07, 6.45) is 0.906. The Morgan fingerprint density at radius 1 is 0.935 bits per heavy atom. The molecule has 0 spiro atoms. The first kappa shape index (κ1) is 33.7. The van der Waals surface area contributed by atoms with Crippen LogP contribution in [0.3, 0.4) is 0 Å². The van der Waals surface area contributed by atoms with Gasteiger partial charge >= 0.3 is 5.69 Å². The molecule has 1 N–H and O–H groups in total. The van der Waals surface area contributed by atoms with Gasteiger partial charge in [-0.1, -0.05) is 101 Å². The summed E-state index contributed by atoms with van der Waals surface area (Å²) in [5.41, 5.74) is -0.0536. The molecular weight excluding hydrogens is 600 g/mol. The molecule has 9 nitrogen and oxygen atoms in total. The number of nitrogens with zero attached hydrogens (tertiary/aromatic N) is 2. The van der Waals surface area contributed by atoms with Gasteiger partial charge in [-0.25, -0.2) is 9.36 Å². The van der Waals surface area contributed by atoms with Crippen LogP contribution in [0, 0.1) is 6.92 Å². The molecule has 1 aliphatic rings. The van der Waals surface area contributed by atoms with Crippen LogP contribution in [0.2, 0.25) is 0 Å². The van der Waals surface area contributed by atoms with E-state index in [-0.39, 0.29) is 33.2 Å². The number of aryl methyl sites for hydroxylation is 1. The molecule has 0 bridgehead atoms. The maximum Gasteiger partial charge on any atom is 0.335 e. The van der Waals surface area contributed by atoms with Crippen molar-refractivity contribution < 1.29 is 24.1 Å². The topological polar surface area (TPSA) is 101 Å². The third kappa shape index (κ3) is 7.66. The fraction of sp³-hybridized carbons (Fsp3) is 0.389. The first-order valence-electron chi connectivity index (χ1n) is 15.7. The Bertz CT molecular complexity index is 1630. The van der Waals surface area contributed by atoms with E-state index in [1.54, 1.807) is 17.7 Å². The van der Waals surface area contributed by atoms with Crippen LogP contribution < -0.4 is 21.6 Å². The van der Waals surface area contributed by atoms with Crippen LogP contribution in [0.25, 0.3) is 0 Å². The van der Waals surface area contributed by atoms with Crippen molar-refractivity contribution >= 4 is 19.2 Å². The third-order valence-corrected chi connectivity index (χ3v) is 11.8. The van der Waals surface area contributed by atoms with E-state index in [2.05, 4.69) is 24.3 Å². The van der Waals surface area contributed by atoms with Crippen LogP contribution in [0.1, 0.15) is 38.3 Å². The summed E-state index contributed by atoms with van der Waals surface area (Å²) in [6.45, 7) is 7.84. The van der Waals surface area contributed by atoms with Crippen LogP contribution in [0.15, 0.2) is 107 Å². The molecule has 0 radical (unpaired) electrons. The predicted molar refractivity (Wildman–Crippen MR) is 180 cm³/mol. The fourth-order valence-corrected chi connectivity index (χ4v) is 9.96. The van der Waals surface area contributed by atoms with Gasteiger partial charge in [0.1, 0.15) is 18.2 Å². The summed E-state index contributed by atoms with van der Waals surface area (Å²) >= 11 is 0. The molecule has 0 aliphatic carbocycles. The number of hydrogen-bond acceptors (Lipinski definition) is 7. The van der Waals surface area contributed by atoms with Crippen LogP contribution in [0.5, 0.6) is 0 Å². The van der Waals surface area contributed by atoms with Crippen LogP contribution in [-0.4, -0.2) is 60.7 Å². The Hall–Kier alpha value is -3.64. The molecule has 3 aromatic carbocycles. The van der Waals surface area contributed by atoms with E-state index in [4.69, 9.17) is 18.9 Å². The normalized spacial score (nSPS) is 20.0. The van der Waals surface area contributed by atoms with Gasteiger partial charge in [-0.2, -0.15) is 0 Å². The highest BCUT2D eigenvalue weighted by atomic mass is 28.3. The van der Waals surface area contributed by atoms with Gasteiger partial charge in [0, 0.05) is 18.2 Å². The Morgan fingerprint density at radius 2 is 1.52 bits per heavy atom. The number of rotatable bonds is 13. The molecule has 2 heterocycles. The van der Waals surface area contributed by atoms with Crippen molar-refractivity contribution in [3.05, 3.63) is 129 Å². The average Bonchev–Trinajstić information content (AvgIpc) is 3.42. The number of benzene rings is 3.